The van der Waals surface area contributed by atoms with E-state index >= 15 is 0 Å². The largest absolute Gasteiger partial charge is 1.00 e. The Balaban J connectivity index is 0.00000180. The molecule has 0 aliphatic rings. The summed E-state index contributed by atoms with van der Waals surface area (Å²) in [6.07, 6.45) is 1.32. The SMILES string of the molecule is CCOC(=O)C[n+]1cc(=O)c2cccc(Cl)c2[nH]1.[Cl-]. The van der Waals surface area contributed by atoms with Crippen molar-refractivity contribution in [1.29, 1.82) is 0 Å². The van der Waals surface area contributed by atoms with Gasteiger partial charge in [-0.1, -0.05) is 17.7 Å². The van der Waals surface area contributed by atoms with Gasteiger partial charge in [0, 0.05) is 0 Å². The van der Waals surface area contributed by atoms with Crippen molar-refractivity contribution in [3.05, 3.63) is 39.6 Å². The maximum absolute atomic E-state index is 11.8. The predicted molar refractivity (Wildman–Crippen MR) is 66.4 cm³/mol. The summed E-state index contributed by atoms with van der Waals surface area (Å²) in [7, 11) is 0. The number of benzene rings is 1. The van der Waals surface area contributed by atoms with Crippen LogP contribution in [0.2, 0.25) is 5.02 Å². The number of H-pyrrole nitrogens is 1. The Morgan fingerprint density at radius 1 is 1.47 bits per heavy atom. The summed E-state index contributed by atoms with van der Waals surface area (Å²) in [4.78, 5) is 23.2. The average molecular weight is 303 g/mol. The van der Waals surface area contributed by atoms with Gasteiger partial charge in [-0.15, -0.1) is 4.68 Å². The Labute approximate surface area is 120 Å². The van der Waals surface area contributed by atoms with Crippen LogP contribution in [0, 0.1) is 0 Å². The Bertz CT molecular complexity index is 655. The van der Waals surface area contributed by atoms with Crippen molar-refractivity contribution in [3.8, 4) is 0 Å². The summed E-state index contributed by atoms with van der Waals surface area (Å²) in [6, 6.07) is 5.05. The summed E-state index contributed by atoms with van der Waals surface area (Å²) < 4.78 is 6.18. The first-order valence-electron chi connectivity index (χ1n) is 5.48. The molecule has 19 heavy (non-hydrogen) atoms. The highest BCUT2D eigenvalue weighted by atomic mass is 35.5. The molecule has 0 spiro atoms. The molecule has 0 amide bonds. The van der Waals surface area contributed by atoms with E-state index in [1.807, 2.05) is 0 Å². The van der Waals surface area contributed by atoms with Gasteiger partial charge in [0.2, 0.25) is 6.20 Å². The topological polar surface area (TPSA) is 63.0 Å². The normalized spacial score (nSPS) is 10.0. The Morgan fingerprint density at radius 3 is 2.89 bits per heavy atom. The summed E-state index contributed by atoms with van der Waals surface area (Å²) in [5, 5.41) is 3.83. The number of carbonyl (C=O) groups excluding carboxylic acids is 1. The number of aromatic amines is 1. The van der Waals surface area contributed by atoms with Gasteiger partial charge in [0.15, 0.2) is 0 Å². The molecule has 0 bridgehead atoms. The smallest absolute Gasteiger partial charge is 0.375 e. The summed E-state index contributed by atoms with van der Waals surface area (Å²) >= 11 is 6.00. The van der Waals surface area contributed by atoms with Gasteiger partial charge < -0.3 is 17.1 Å². The van der Waals surface area contributed by atoms with Crippen molar-refractivity contribution < 1.29 is 26.6 Å². The van der Waals surface area contributed by atoms with Crippen LogP contribution in [0.4, 0.5) is 0 Å². The van der Waals surface area contributed by atoms with Gasteiger partial charge in [0.25, 0.3) is 12.0 Å². The lowest BCUT2D eigenvalue weighted by Crippen LogP contribution is -3.00. The molecule has 102 valence electrons. The lowest BCUT2D eigenvalue weighted by molar-refractivity contribution is -0.741. The number of esters is 1. The highest BCUT2D eigenvalue weighted by Crippen LogP contribution is 2.16. The van der Waals surface area contributed by atoms with Crippen molar-refractivity contribution in [2.75, 3.05) is 6.61 Å². The summed E-state index contributed by atoms with van der Waals surface area (Å²) in [6.45, 7) is 1.98. The van der Waals surface area contributed by atoms with Crippen LogP contribution in [0.5, 0.6) is 0 Å². The van der Waals surface area contributed by atoms with Gasteiger partial charge >= 0.3 is 5.97 Å². The number of ether oxygens (including phenoxy) is 1. The molecule has 2 rings (SSSR count). The zero-order valence-electron chi connectivity index (χ0n) is 10.2. The van der Waals surface area contributed by atoms with Crippen LogP contribution in [0.1, 0.15) is 6.92 Å². The van der Waals surface area contributed by atoms with E-state index in [1.165, 1.54) is 10.9 Å². The summed E-state index contributed by atoms with van der Waals surface area (Å²) in [5.74, 6) is -0.412. The van der Waals surface area contributed by atoms with Crippen molar-refractivity contribution in [2.45, 2.75) is 13.5 Å². The van der Waals surface area contributed by atoms with E-state index in [2.05, 4.69) is 5.10 Å². The van der Waals surface area contributed by atoms with Crippen LogP contribution in [-0.2, 0) is 16.1 Å². The van der Waals surface area contributed by atoms with Crippen LogP contribution < -0.4 is 22.5 Å². The highest BCUT2D eigenvalue weighted by Gasteiger charge is 2.14. The van der Waals surface area contributed by atoms with E-state index in [1.54, 1.807) is 25.1 Å². The lowest BCUT2D eigenvalue weighted by atomic mass is 10.2. The number of para-hydroxylation sites is 1. The average Bonchev–Trinajstić information content (AvgIpc) is 2.31. The number of halogens is 2. The van der Waals surface area contributed by atoms with Gasteiger partial charge in [-0.3, -0.25) is 4.79 Å². The van der Waals surface area contributed by atoms with Crippen molar-refractivity contribution in [1.82, 2.24) is 5.10 Å². The van der Waals surface area contributed by atoms with Gasteiger partial charge in [-0.25, -0.2) is 4.79 Å². The predicted octanol–water partition coefficient (Wildman–Crippen LogP) is -1.96. The first-order chi connectivity index (χ1) is 8.61. The number of nitrogens with one attached hydrogen (secondary N) is 1. The van der Waals surface area contributed by atoms with Gasteiger partial charge in [-0.05, 0) is 19.1 Å². The molecule has 0 saturated carbocycles. The number of hydrogen-bond acceptors (Lipinski definition) is 3. The molecule has 0 aliphatic carbocycles. The van der Waals surface area contributed by atoms with Crippen LogP contribution >= 0.6 is 11.6 Å². The second kappa shape index (κ2) is 6.54. The molecule has 0 fully saturated rings. The van der Waals surface area contributed by atoms with Gasteiger partial charge in [-0.2, -0.15) is 5.10 Å². The zero-order valence-corrected chi connectivity index (χ0v) is 11.7. The maximum Gasteiger partial charge on any atom is 0.375 e. The molecule has 1 aromatic heterocycles. The number of carbonyl (C=O) groups is 1. The number of rotatable bonds is 3. The fraction of sp³-hybridized carbons (Fsp3) is 0.250. The van der Waals surface area contributed by atoms with Crippen molar-refractivity contribution >= 4 is 28.5 Å². The minimum Gasteiger partial charge on any atom is -1.00 e. The first kappa shape index (κ1) is 15.5. The molecule has 1 heterocycles. The van der Waals surface area contributed by atoms with E-state index in [0.29, 0.717) is 22.5 Å². The van der Waals surface area contributed by atoms with E-state index in [-0.39, 0.29) is 24.4 Å². The number of nitrogens with zero attached hydrogens (tertiary/aromatic N) is 1. The minimum absolute atomic E-state index is 0. The first-order valence-corrected chi connectivity index (χ1v) is 5.86. The number of hydrogen-bond donors (Lipinski definition) is 1. The third-order valence-corrected chi connectivity index (χ3v) is 2.73. The standard InChI is InChI=1S/C12H11ClN2O3.ClH/c1-2-18-11(17)7-15-6-10(16)8-4-3-5-9(13)12(8)14-15;/h3-6H,2,7H2,1H3;1H. The van der Waals surface area contributed by atoms with Crippen LogP contribution in [0.25, 0.3) is 10.9 Å². The molecule has 2 aromatic rings. The molecular formula is C12H12Cl2N2O3. The molecule has 0 radical (unpaired) electrons. The number of aromatic nitrogens is 2. The van der Waals surface area contributed by atoms with Crippen LogP contribution in [-0.4, -0.2) is 17.7 Å². The fourth-order valence-electron chi connectivity index (χ4n) is 1.66. The second-order valence-corrected chi connectivity index (χ2v) is 4.11. The fourth-order valence-corrected chi connectivity index (χ4v) is 1.88. The van der Waals surface area contributed by atoms with Crippen LogP contribution in [0.15, 0.2) is 29.2 Å². The molecule has 0 atom stereocenters. The maximum atomic E-state index is 11.8. The molecule has 0 unspecified atom stereocenters. The van der Waals surface area contributed by atoms with Gasteiger partial charge in [0.05, 0.1) is 17.0 Å². The molecule has 7 heteroatoms. The Morgan fingerprint density at radius 2 is 2.21 bits per heavy atom. The van der Waals surface area contributed by atoms with Crippen molar-refractivity contribution in [2.24, 2.45) is 0 Å². The molecule has 0 saturated heterocycles. The highest BCUT2D eigenvalue weighted by molar-refractivity contribution is 6.34. The monoisotopic (exact) mass is 302 g/mol. The lowest BCUT2D eigenvalue weighted by Gasteiger charge is -2.01. The van der Waals surface area contributed by atoms with E-state index in [0.717, 1.165) is 0 Å². The molecular weight excluding hydrogens is 291 g/mol. The molecule has 5 nitrogen and oxygen atoms in total. The number of fused-ring (bicyclic) bond motifs is 1. The second-order valence-electron chi connectivity index (χ2n) is 3.70. The van der Waals surface area contributed by atoms with E-state index < -0.39 is 5.97 Å². The third kappa shape index (κ3) is 3.45. The third-order valence-electron chi connectivity index (χ3n) is 2.41. The molecule has 1 aromatic carbocycles. The Hall–Kier alpha value is -1.59. The van der Waals surface area contributed by atoms with Gasteiger partial charge in [0.1, 0.15) is 5.52 Å². The van der Waals surface area contributed by atoms with Crippen molar-refractivity contribution in [3.63, 3.8) is 0 Å². The Kier molecular flexibility index (Phi) is 5.32. The minimum atomic E-state index is -0.412. The quantitative estimate of drug-likeness (QED) is 0.529. The van der Waals surface area contributed by atoms with E-state index in [4.69, 9.17) is 16.3 Å². The zero-order chi connectivity index (χ0) is 13.1. The summed E-state index contributed by atoms with van der Waals surface area (Å²) in [5.41, 5.74) is 0.312. The van der Waals surface area contributed by atoms with Crippen LogP contribution in [0.3, 0.4) is 0 Å². The van der Waals surface area contributed by atoms with E-state index in [9.17, 15) is 9.59 Å². The molecule has 1 N–H and O–H groups in total. The molecule has 0 aliphatic heterocycles.